The second-order valence-electron chi connectivity index (χ2n) is 6.09. The average Bonchev–Trinajstić information content (AvgIpc) is 2.83. The number of nitrogens with one attached hydrogen (secondary N) is 1. The van der Waals surface area contributed by atoms with Crippen molar-refractivity contribution in [3.8, 4) is 0 Å². The first kappa shape index (κ1) is 15.3. The molecule has 0 amide bonds. The predicted molar refractivity (Wildman–Crippen MR) is 77.0 cm³/mol. The zero-order chi connectivity index (χ0) is 13.9. The van der Waals surface area contributed by atoms with Crippen LogP contribution in [0.25, 0.3) is 0 Å². The van der Waals surface area contributed by atoms with Crippen molar-refractivity contribution in [1.29, 1.82) is 0 Å². The molecule has 4 atom stereocenters. The molecular weight excluding hydrogens is 262 g/mol. The fraction of sp³-hybridized carbons (Fsp3) is 1.00. The molecule has 2 rings (SSSR count). The summed E-state index contributed by atoms with van der Waals surface area (Å²) in [5, 5.41) is 3.45. The van der Waals surface area contributed by atoms with Gasteiger partial charge in [0.05, 0.1) is 11.4 Å². The highest BCUT2D eigenvalue weighted by Crippen LogP contribution is 2.26. The summed E-state index contributed by atoms with van der Waals surface area (Å²) in [5.41, 5.74) is 0. The van der Waals surface area contributed by atoms with Crippen LogP contribution in [0.15, 0.2) is 0 Å². The summed E-state index contributed by atoms with van der Waals surface area (Å²) in [5.74, 6) is 0.601. The molecule has 5 heteroatoms. The van der Waals surface area contributed by atoms with Gasteiger partial charge in [0.15, 0.2) is 0 Å². The number of hydrogen-bond acceptors (Lipinski definition) is 4. The maximum Gasteiger partial charge on any atom is 0.150 e. The van der Waals surface area contributed by atoms with E-state index in [9.17, 15) is 8.42 Å². The highest BCUT2D eigenvalue weighted by molar-refractivity contribution is 7.91. The minimum Gasteiger partial charge on any atom is -0.378 e. The molecule has 0 aromatic rings. The summed E-state index contributed by atoms with van der Waals surface area (Å²) in [4.78, 5) is 0. The van der Waals surface area contributed by atoms with E-state index in [0.29, 0.717) is 18.1 Å². The lowest BCUT2D eigenvalue weighted by Crippen LogP contribution is -2.41. The first-order valence-corrected chi connectivity index (χ1v) is 9.50. The van der Waals surface area contributed by atoms with Gasteiger partial charge in [-0.05, 0) is 38.0 Å². The van der Waals surface area contributed by atoms with Crippen molar-refractivity contribution in [2.75, 3.05) is 19.4 Å². The van der Waals surface area contributed by atoms with Gasteiger partial charge in [0.2, 0.25) is 0 Å². The van der Waals surface area contributed by atoms with E-state index in [0.717, 1.165) is 51.7 Å². The summed E-state index contributed by atoms with van der Waals surface area (Å²) in [7, 11) is -2.88. The Hall–Kier alpha value is -0.130. The van der Waals surface area contributed by atoms with Crippen molar-refractivity contribution in [3.63, 3.8) is 0 Å². The first-order valence-electron chi connectivity index (χ1n) is 7.54. The number of rotatable bonds is 5. The van der Waals surface area contributed by atoms with E-state index in [4.69, 9.17) is 4.74 Å². The van der Waals surface area contributed by atoms with Crippen LogP contribution in [0.3, 0.4) is 0 Å². The lowest BCUT2D eigenvalue weighted by Gasteiger charge is -2.30. The molecular formula is C14H27NO3S. The highest BCUT2D eigenvalue weighted by atomic mass is 32.2. The molecule has 4 nitrogen and oxygen atoms in total. The van der Waals surface area contributed by atoms with Gasteiger partial charge < -0.3 is 10.1 Å². The van der Waals surface area contributed by atoms with Gasteiger partial charge in [-0.3, -0.25) is 0 Å². The Bertz CT molecular complexity index is 382. The Morgan fingerprint density at radius 3 is 2.74 bits per heavy atom. The van der Waals surface area contributed by atoms with Crippen LogP contribution in [0, 0.1) is 5.92 Å². The van der Waals surface area contributed by atoms with Gasteiger partial charge >= 0.3 is 0 Å². The molecule has 0 aromatic carbocycles. The third kappa shape index (κ3) is 4.17. The smallest absolute Gasteiger partial charge is 0.150 e. The molecule has 2 aliphatic rings. The molecule has 1 N–H and O–H groups in total. The molecule has 112 valence electrons. The summed E-state index contributed by atoms with van der Waals surface area (Å²) >= 11 is 0. The molecule has 0 bridgehead atoms. The standard InChI is InChI=1S/C14H27NO3S/c1-3-14-11(7-8-18-14)10-15-12-5-4-6-13(9-12)19(2,16)17/h11-15H,3-10H2,1-2H3. The molecule has 0 spiro atoms. The predicted octanol–water partition coefficient (Wildman–Crippen LogP) is 1.75. The minimum absolute atomic E-state index is 0.138. The van der Waals surface area contributed by atoms with Crippen molar-refractivity contribution in [1.82, 2.24) is 5.32 Å². The van der Waals surface area contributed by atoms with Crippen LogP contribution in [0.4, 0.5) is 0 Å². The molecule has 0 aromatic heterocycles. The van der Waals surface area contributed by atoms with E-state index in [1.807, 2.05) is 0 Å². The molecule has 4 unspecified atom stereocenters. The van der Waals surface area contributed by atoms with Crippen LogP contribution < -0.4 is 5.32 Å². The van der Waals surface area contributed by atoms with Gasteiger partial charge in [0.25, 0.3) is 0 Å². The molecule has 1 aliphatic heterocycles. The lowest BCUT2D eigenvalue weighted by atomic mass is 9.93. The van der Waals surface area contributed by atoms with E-state index in [-0.39, 0.29) is 5.25 Å². The molecule has 0 radical (unpaired) electrons. The Morgan fingerprint density at radius 2 is 2.05 bits per heavy atom. The monoisotopic (exact) mass is 289 g/mol. The van der Waals surface area contributed by atoms with Gasteiger partial charge in [-0.2, -0.15) is 0 Å². The van der Waals surface area contributed by atoms with E-state index in [1.165, 1.54) is 6.26 Å². The van der Waals surface area contributed by atoms with Crippen LogP contribution >= 0.6 is 0 Å². The van der Waals surface area contributed by atoms with Crippen molar-refractivity contribution in [2.24, 2.45) is 5.92 Å². The van der Waals surface area contributed by atoms with Gasteiger partial charge in [-0.1, -0.05) is 13.3 Å². The maximum absolute atomic E-state index is 11.6. The molecule has 1 heterocycles. The normalized spacial score (nSPS) is 36.5. The second kappa shape index (κ2) is 6.55. The van der Waals surface area contributed by atoms with Crippen molar-refractivity contribution < 1.29 is 13.2 Å². The van der Waals surface area contributed by atoms with Crippen LogP contribution in [0.1, 0.15) is 45.4 Å². The lowest BCUT2D eigenvalue weighted by molar-refractivity contribution is 0.0862. The van der Waals surface area contributed by atoms with E-state index >= 15 is 0 Å². The fourth-order valence-electron chi connectivity index (χ4n) is 3.41. The SMILES string of the molecule is CCC1OCCC1CNC1CCCC(S(C)(=O)=O)C1. The topological polar surface area (TPSA) is 55.4 Å². The Kier molecular flexibility index (Phi) is 5.26. The third-order valence-electron chi connectivity index (χ3n) is 4.65. The summed E-state index contributed by atoms with van der Waals surface area (Å²) in [6.07, 6.45) is 7.71. The largest absolute Gasteiger partial charge is 0.378 e. The molecule has 1 aliphatic carbocycles. The van der Waals surface area contributed by atoms with Gasteiger partial charge in [-0.25, -0.2) is 8.42 Å². The quantitative estimate of drug-likeness (QED) is 0.838. The average molecular weight is 289 g/mol. The minimum atomic E-state index is -2.88. The zero-order valence-electron chi connectivity index (χ0n) is 12.1. The molecule has 1 saturated carbocycles. The Morgan fingerprint density at radius 1 is 1.26 bits per heavy atom. The first-order chi connectivity index (χ1) is 9.00. The zero-order valence-corrected chi connectivity index (χ0v) is 12.9. The Labute approximate surface area is 117 Å². The van der Waals surface area contributed by atoms with Gasteiger partial charge in [0.1, 0.15) is 9.84 Å². The third-order valence-corrected chi connectivity index (χ3v) is 6.29. The number of hydrogen-bond donors (Lipinski definition) is 1. The summed E-state index contributed by atoms with van der Waals surface area (Å²) < 4.78 is 29.0. The van der Waals surface area contributed by atoms with Crippen LogP contribution in [-0.2, 0) is 14.6 Å². The van der Waals surface area contributed by atoms with Crippen LogP contribution in [0.5, 0.6) is 0 Å². The van der Waals surface area contributed by atoms with Crippen molar-refractivity contribution in [3.05, 3.63) is 0 Å². The van der Waals surface area contributed by atoms with Gasteiger partial charge in [-0.15, -0.1) is 0 Å². The molecule has 1 saturated heterocycles. The van der Waals surface area contributed by atoms with Crippen LogP contribution in [-0.4, -0.2) is 45.2 Å². The van der Waals surface area contributed by atoms with E-state index in [1.54, 1.807) is 0 Å². The summed E-state index contributed by atoms with van der Waals surface area (Å²) in [6, 6.07) is 0.367. The van der Waals surface area contributed by atoms with Crippen LogP contribution in [0.2, 0.25) is 0 Å². The summed E-state index contributed by atoms with van der Waals surface area (Å²) in [6.45, 7) is 4.02. The molecule has 2 fully saturated rings. The Balaban J connectivity index is 1.80. The maximum atomic E-state index is 11.6. The van der Waals surface area contributed by atoms with Gasteiger partial charge in [0, 0.05) is 25.4 Å². The molecule has 19 heavy (non-hydrogen) atoms. The number of ether oxygens (including phenoxy) is 1. The fourth-order valence-corrected chi connectivity index (χ4v) is 4.59. The second-order valence-corrected chi connectivity index (χ2v) is 8.42. The van der Waals surface area contributed by atoms with Crippen molar-refractivity contribution >= 4 is 9.84 Å². The highest BCUT2D eigenvalue weighted by Gasteiger charge is 2.31. The van der Waals surface area contributed by atoms with E-state index < -0.39 is 9.84 Å². The van der Waals surface area contributed by atoms with Crippen molar-refractivity contribution in [2.45, 2.75) is 62.8 Å². The number of sulfone groups is 1. The van der Waals surface area contributed by atoms with E-state index in [2.05, 4.69) is 12.2 Å².